The van der Waals surface area contributed by atoms with Crippen LogP contribution in [0.15, 0.2) is 24.4 Å². The topological polar surface area (TPSA) is 59.4 Å². The van der Waals surface area contributed by atoms with Crippen LogP contribution in [0.5, 0.6) is 0 Å². The second-order valence-corrected chi connectivity index (χ2v) is 3.55. The number of methoxy groups -OCH3 is 1. The number of carboxylic acids is 1. The molecule has 0 aliphatic heterocycles. The van der Waals surface area contributed by atoms with Crippen LogP contribution in [0.3, 0.4) is 0 Å². The predicted octanol–water partition coefficient (Wildman–Crippen LogP) is 1.71. The largest absolute Gasteiger partial charge is 0.481 e. The number of rotatable bonds is 2. The van der Waals surface area contributed by atoms with E-state index in [1.807, 2.05) is 0 Å². The van der Waals surface area contributed by atoms with Crippen molar-refractivity contribution in [1.29, 1.82) is 0 Å². The molecule has 0 saturated heterocycles. The lowest BCUT2D eigenvalue weighted by Crippen LogP contribution is -2.29. The first-order chi connectivity index (χ1) is 6.96. The van der Waals surface area contributed by atoms with Gasteiger partial charge in [-0.2, -0.15) is 0 Å². The molecule has 1 aromatic rings. The highest BCUT2D eigenvalue weighted by Crippen LogP contribution is 2.20. The van der Waals surface area contributed by atoms with Gasteiger partial charge in [0.1, 0.15) is 5.41 Å². The molecule has 4 heteroatoms. The fourth-order valence-corrected chi connectivity index (χ4v) is 0.842. The molecule has 1 aromatic heterocycles. The zero-order chi connectivity index (χ0) is 11.9. The van der Waals surface area contributed by atoms with Gasteiger partial charge in [0.25, 0.3) is 0 Å². The lowest BCUT2D eigenvalue weighted by Gasteiger charge is -2.17. The molecule has 0 unspecified atom stereocenters. The van der Waals surface area contributed by atoms with Gasteiger partial charge in [0.2, 0.25) is 0 Å². The predicted molar refractivity (Wildman–Crippen MR) is 57.8 cm³/mol. The molecule has 4 nitrogen and oxygen atoms in total. The highest BCUT2D eigenvalue weighted by molar-refractivity contribution is 5.79. The Kier molecular flexibility index (Phi) is 5.56. The maximum atomic E-state index is 10.8. The summed E-state index contributed by atoms with van der Waals surface area (Å²) in [5.41, 5.74) is -0.321. The van der Waals surface area contributed by atoms with Gasteiger partial charge in [0.15, 0.2) is 0 Å². The van der Waals surface area contributed by atoms with Gasteiger partial charge in [-0.1, -0.05) is 6.07 Å². The first kappa shape index (κ1) is 13.6. The molecular formula is C11H17NO3. The molecule has 0 spiro atoms. The Morgan fingerprint density at radius 2 is 1.93 bits per heavy atom. The maximum absolute atomic E-state index is 10.8. The number of hydrogen-bond acceptors (Lipinski definition) is 3. The molecule has 0 aliphatic rings. The summed E-state index contributed by atoms with van der Waals surface area (Å²) in [6.07, 6.45) is 1.60. The minimum Gasteiger partial charge on any atom is -0.481 e. The van der Waals surface area contributed by atoms with Crippen molar-refractivity contribution < 1.29 is 14.6 Å². The summed E-state index contributed by atoms with van der Waals surface area (Å²) in [6.45, 7) is 3.27. The first-order valence-corrected chi connectivity index (χ1v) is 4.51. The summed E-state index contributed by atoms with van der Waals surface area (Å²) >= 11 is 0. The molecule has 15 heavy (non-hydrogen) atoms. The quantitative estimate of drug-likeness (QED) is 0.809. The molecule has 84 valence electrons. The number of hydrogen-bond donors (Lipinski definition) is 1. The molecule has 0 saturated carbocycles. The van der Waals surface area contributed by atoms with E-state index in [-0.39, 0.29) is 0 Å². The van der Waals surface area contributed by atoms with E-state index in [1.165, 1.54) is 0 Å². The smallest absolute Gasteiger partial charge is 0.315 e. The molecular weight excluding hydrogens is 194 g/mol. The fourth-order valence-electron chi connectivity index (χ4n) is 0.842. The van der Waals surface area contributed by atoms with Crippen molar-refractivity contribution in [3.63, 3.8) is 0 Å². The van der Waals surface area contributed by atoms with E-state index in [0.29, 0.717) is 5.69 Å². The number of carboxylic acid groups (broad SMARTS) is 1. The highest BCUT2D eigenvalue weighted by Gasteiger charge is 2.30. The van der Waals surface area contributed by atoms with E-state index < -0.39 is 11.4 Å². The van der Waals surface area contributed by atoms with E-state index >= 15 is 0 Å². The molecule has 0 aliphatic carbocycles. The molecule has 1 N–H and O–H groups in total. The minimum absolute atomic E-state index is 0.581. The summed E-state index contributed by atoms with van der Waals surface area (Å²) in [4.78, 5) is 14.8. The summed E-state index contributed by atoms with van der Waals surface area (Å²) in [5, 5.41) is 8.85. The Morgan fingerprint density at radius 3 is 2.27 bits per heavy atom. The summed E-state index contributed by atoms with van der Waals surface area (Å²) in [5.74, 6) is -0.860. The number of aliphatic carboxylic acids is 1. The average Bonchev–Trinajstić information content (AvgIpc) is 2.20. The van der Waals surface area contributed by atoms with Crippen LogP contribution in [-0.4, -0.2) is 30.3 Å². The van der Waals surface area contributed by atoms with Crippen LogP contribution in [0.4, 0.5) is 0 Å². The van der Waals surface area contributed by atoms with Crippen molar-refractivity contribution in [2.75, 3.05) is 14.2 Å². The van der Waals surface area contributed by atoms with Crippen molar-refractivity contribution in [3.05, 3.63) is 30.1 Å². The van der Waals surface area contributed by atoms with Crippen LogP contribution in [0, 0.1) is 0 Å². The van der Waals surface area contributed by atoms with E-state index in [9.17, 15) is 4.79 Å². The van der Waals surface area contributed by atoms with E-state index in [4.69, 9.17) is 5.11 Å². The van der Waals surface area contributed by atoms with Crippen molar-refractivity contribution in [3.8, 4) is 0 Å². The SMILES string of the molecule is CC(C)(C(=O)O)c1ccccn1.COC. The summed E-state index contributed by atoms with van der Waals surface area (Å²) < 4.78 is 4.25. The number of carbonyl (C=O) groups is 1. The van der Waals surface area contributed by atoms with Crippen LogP contribution >= 0.6 is 0 Å². The molecule has 1 heterocycles. The van der Waals surface area contributed by atoms with Gasteiger partial charge >= 0.3 is 5.97 Å². The monoisotopic (exact) mass is 211 g/mol. The van der Waals surface area contributed by atoms with Gasteiger partial charge in [-0.25, -0.2) is 0 Å². The third-order valence-electron chi connectivity index (χ3n) is 1.84. The third-order valence-corrected chi connectivity index (χ3v) is 1.84. The number of aromatic nitrogens is 1. The van der Waals surface area contributed by atoms with Crippen LogP contribution in [0.2, 0.25) is 0 Å². The van der Waals surface area contributed by atoms with Crippen LogP contribution < -0.4 is 0 Å². The third kappa shape index (κ3) is 4.08. The molecule has 0 bridgehead atoms. The van der Waals surface area contributed by atoms with Crippen LogP contribution in [0.25, 0.3) is 0 Å². The molecule has 0 amide bonds. The lowest BCUT2D eigenvalue weighted by atomic mass is 9.89. The maximum Gasteiger partial charge on any atom is 0.315 e. The van der Waals surface area contributed by atoms with E-state index in [1.54, 1.807) is 52.5 Å². The Bertz CT molecular complexity index is 296. The number of ether oxygens (including phenoxy) is 1. The van der Waals surface area contributed by atoms with Gasteiger partial charge in [-0.15, -0.1) is 0 Å². The van der Waals surface area contributed by atoms with Gasteiger partial charge < -0.3 is 9.84 Å². The second kappa shape index (κ2) is 6.14. The van der Waals surface area contributed by atoms with Gasteiger partial charge in [0.05, 0.1) is 5.69 Å². The number of pyridine rings is 1. The minimum atomic E-state index is -0.902. The van der Waals surface area contributed by atoms with E-state index in [2.05, 4.69) is 9.72 Å². The van der Waals surface area contributed by atoms with Crippen molar-refractivity contribution in [1.82, 2.24) is 4.98 Å². The molecule has 0 aromatic carbocycles. The van der Waals surface area contributed by atoms with Crippen molar-refractivity contribution in [2.24, 2.45) is 0 Å². The van der Waals surface area contributed by atoms with Crippen LogP contribution in [-0.2, 0) is 14.9 Å². The van der Waals surface area contributed by atoms with Gasteiger partial charge in [0, 0.05) is 20.4 Å². The Morgan fingerprint density at radius 1 is 1.40 bits per heavy atom. The normalized spacial score (nSPS) is 10.1. The van der Waals surface area contributed by atoms with Crippen LogP contribution in [0.1, 0.15) is 19.5 Å². The fraction of sp³-hybridized carbons (Fsp3) is 0.455. The highest BCUT2D eigenvalue weighted by atomic mass is 16.4. The van der Waals surface area contributed by atoms with Gasteiger partial charge in [-0.05, 0) is 26.0 Å². The van der Waals surface area contributed by atoms with Crippen molar-refractivity contribution >= 4 is 5.97 Å². The Hall–Kier alpha value is -1.42. The summed E-state index contributed by atoms with van der Waals surface area (Å²) in [6, 6.07) is 5.27. The number of nitrogens with zero attached hydrogens (tertiary/aromatic N) is 1. The summed E-state index contributed by atoms with van der Waals surface area (Å²) in [7, 11) is 3.25. The van der Waals surface area contributed by atoms with Gasteiger partial charge in [-0.3, -0.25) is 9.78 Å². The Balaban J connectivity index is 0.000000583. The molecule has 0 radical (unpaired) electrons. The average molecular weight is 211 g/mol. The lowest BCUT2D eigenvalue weighted by molar-refractivity contribution is -0.142. The second-order valence-electron chi connectivity index (χ2n) is 3.55. The zero-order valence-electron chi connectivity index (χ0n) is 9.52. The Labute approximate surface area is 89.9 Å². The molecule has 0 fully saturated rings. The standard InChI is InChI=1S/C9H11NO2.C2H6O/c1-9(2,8(11)12)7-5-3-4-6-10-7;1-3-2/h3-6H,1-2H3,(H,11,12);1-2H3. The van der Waals surface area contributed by atoms with Crippen molar-refractivity contribution in [2.45, 2.75) is 19.3 Å². The molecule has 0 atom stereocenters. The zero-order valence-corrected chi connectivity index (χ0v) is 9.52. The first-order valence-electron chi connectivity index (χ1n) is 4.51. The molecule has 1 rings (SSSR count). The van der Waals surface area contributed by atoms with E-state index in [0.717, 1.165) is 0 Å².